The summed E-state index contributed by atoms with van der Waals surface area (Å²) in [6.45, 7) is 3.67. The van der Waals surface area contributed by atoms with E-state index in [0.717, 1.165) is 11.1 Å². The van der Waals surface area contributed by atoms with Crippen LogP contribution in [0.1, 0.15) is 27.9 Å². The number of fused-ring (bicyclic) bond motifs is 1. The third kappa shape index (κ3) is 2.28. The van der Waals surface area contributed by atoms with E-state index in [9.17, 15) is 14.4 Å². The van der Waals surface area contributed by atoms with Crippen LogP contribution in [0.15, 0.2) is 12.1 Å². The first kappa shape index (κ1) is 14.2. The Morgan fingerprint density at radius 1 is 1.30 bits per heavy atom. The normalized spacial score (nSPS) is 13.7. The lowest BCUT2D eigenvalue weighted by molar-refractivity contribution is -0.150. The number of nitrogens with two attached hydrogens (primary N) is 1. The summed E-state index contributed by atoms with van der Waals surface area (Å²) >= 11 is 0. The molecule has 0 unspecified atom stereocenters. The van der Waals surface area contributed by atoms with Crippen LogP contribution in [0.3, 0.4) is 0 Å². The number of Topliss-reactive ketones (excluding diaryl/α,β-unsaturated/α-hetero) is 1. The highest BCUT2D eigenvalue weighted by Gasteiger charge is 2.38. The van der Waals surface area contributed by atoms with Gasteiger partial charge in [-0.2, -0.15) is 0 Å². The van der Waals surface area contributed by atoms with Gasteiger partial charge in [0.25, 0.3) is 11.7 Å². The van der Waals surface area contributed by atoms with E-state index in [1.807, 2.05) is 13.0 Å². The zero-order valence-electron chi connectivity index (χ0n) is 11.2. The van der Waals surface area contributed by atoms with Crippen molar-refractivity contribution in [2.45, 2.75) is 20.3 Å². The maximum Gasteiger partial charge on any atom is 0.328 e. The van der Waals surface area contributed by atoms with Gasteiger partial charge in [-0.1, -0.05) is 17.7 Å². The van der Waals surface area contributed by atoms with Crippen LogP contribution in [0.4, 0.5) is 5.69 Å². The summed E-state index contributed by atoms with van der Waals surface area (Å²) in [5.41, 5.74) is 4.34. The van der Waals surface area contributed by atoms with Gasteiger partial charge < -0.3 is 9.74 Å². The smallest absolute Gasteiger partial charge is 0.328 e. The molecular weight excluding hydrogens is 262 g/mol. The molecule has 1 aliphatic heterocycles. The quantitative estimate of drug-likeness (QED) is 0.461. The lowest BCUT2D eigenvalue weighted by Crippen LogP contribution is -2.34. The first-order valence-electron chi connectivity index (χ1n) is 6.09. The van der Waals surface area contributed by atoms with Crippen molar-refractivity contribution < 1.29 is 19.2 Å². The standard InChI is InChI=1S/C13H15N3O4/c1-7-3-4-8(2)11-10(7)12(18)13(19)16(11)6-5-9(17)20-15-14/h3-4,15H,5-6,14H2,1-2H3. The molecule has 1 amide bonds. The molecule has 7 heteroatoms. The fourth-order valence-corrected chi connectivity index (χ4v) is 2.29. The molecule has 0 atom stereocenters. The lowest BCUT2D eigenvalue weighted by atomic mass is 10.0. The predicted octanol–water partition coefficient (Wildman–Crippen LogP) is 0.144. The molecule has 0 bridgehead atoms. The molecule has 0 saturated carbocycles. The number of rotatable bonds is 4. The average molecular weight is 277 g/mol. The fourth-order valence-electron chi connectivity index (χ4n) is 2.29. The van der Waals surface area contributed by atoms with Crippen molar-refractivity contribution in [1.82, 2.24) is 5.59 Å². The molecule has 20 heavy (non-hydrogen) atoms. The van der Waals surface area contributed by atoms with Crippen LogP contribution in [0, 0.1) is 13.8 Å². The highest BCUT2D eigenvalue weighted by atomic mass is 16.7. The Bertz CT molecular complexity index is 598. The Morgan fingerprint density at radius 3 is 2.60 bits per heavy atom. The maximum atomic E-state index is 12.0. The number of hydrogen-bond acceptors (Lipinski definition) is 6. The van der Waals surface area contributed by atoms with Gasteiger partial charge in [0.05, 0.1) is 17.7 Å². The Morgan fingerprint density at radius 2 is 1.95 bits per heavy atom. The number of carbonyl (C=O) groups is 3. The highest BCUT2D eigenvalue weighted by Crippen LogP contribution is 2.34. The Balaban J connectivity index is 2.29. The van der Waals surface area contributed by atoms with Crippen LogP contribution in [0.5, 0.6) is 0 Å². The van der Waals surface area contributed by atoms with Crippen LogP contribution < -0.4 is 16.3 Å². The molecule has 1 heterocycles. The van der Waals surface area contributed by atoms with E-state index in [1.165, 1.54) is 4.90 Å². The molecule has 0 saturated heterocycles. The van der Waals surface area contributed by atoms with Gasteiger partial charge in [0, 0.05) is 6.54 Å². The molecule has 0 fully saturated rings. The monoisotopic (exact) mass is 277 g/mol. The van der Waals surface area contributed by atoms with Gasteiger partial charge in [0.15, 0.2) is 0 Å². The summed E-state index contributed by atoms with van der Waals surface area (Å²) in [7, 11) is 0. The molecule has 0 radical (unpaired) electrons. The second-order valence-electron chi connectivity index (χ2n) is 4.55. The van der Waals surface area contributed by atoms with Gasteiger partial charge in [-0.05, 0) is 25.0 Å². The van der Waals surface area contributed by atoms with E-state index in [-0.39, 0.29) is 13.0 Å². The minimum atomic E-state index is -0.620. The van der Waals surface area contributed by atoms with Crippen molar-refractivity contribution in [3.63, 3.8) is 0 Å². The fraction of sp³-hybridized carbons (Fsp3) is 0.308. The molecule has 106 valence electrons. The molecule has 1 aliphatic rings. The van der Waals surface area contributed by atoms with E-state index < -0.39 is 17.7 Å². The average Bonchev–Trinajstić information content (AvgIpc) is 2.66. The summed E-state index contributed by atoms with van der Waals surface area (Å²) in [5, 5.41) is 0. The van der Waals surface area contributed by atoms with Crippen LogP contribution in [-0.2, 0) is 14.4 Å². The predicted molar refractivity (Wildman–Crippen MR) is 70.6 cm³/mol. The molecule has 2 rings (SSSR count). The molecule has 1 aromatic carbocycles. The van der Waals surface area contributed by atoms with Crippen molar-refractivity contribution in [2.24, 2.45) is 5.84 Å². The zero-order valence-corrected chi connectivity index (χ0v) is 11.2. The first-order valence-corrected chi connectivity index (χ1v) is 6.09. The number of hydrogen-bond donors (Lipinski definition) is 2. The maximum absolute atomic E-state index is 12.0. The van der Waals surface area contributed by atoms with Crippen LogP contribution >= 0.6 is 0 Å². The first-order chi connectivity index (χ1) is 9.47. The van der Waals surface area contributed by atoms with Gasteiger partial charge >= 0.3 is 5.97 Å². The van der Waals surface area contributed by atoms with E-state index in [2.05, 4.69) is 4.84 Å². The number of hydrazine groups is 1. The zero-order chi connectivity index (χ0) is 14.9. The molecule has 1 aromatic rings. The summed E-state index contributed by atoms with van der Waals surface area (Å²) in [6.07, 6.45) is -0.0595. The number of ketones is 1. The van der Waals surface area contributed by atoms with Crippen molar-refractivity contribution in [3.05, 3.63) is 28.8 Å². The second kappa shape index (κ2) is 5.40. The summed E-state index contributed by atoms with van der Waals surface area (Å²) in [5.74, 6) is 3.10. The van der Waals surface area contributed by atoms with Gasteiger partial charge in [0.1, 0.15) is 0 Å². The number of amides is 1. The topological polar surface area (TPSA) is 102 Å². The minimum absolute atomic E-state index is 0.0595. The van der Waals surface area contributed by atoms with Crippen LogP contribution in [-0.4, -0.2) is 24.2 Å². The Kier molecular flexibility index (Phi) is 3.82. The summed E-state index contributed by atoms with van der Waals surface area (Å²) < 4.78 is 0. The molecular formula is C13H15N3O4. The van der Waals surface area contributed by atoms with Gasteiger partial charge in [-0.15, -0.1) is 0 Å². The van der Waals surface area contributed by atoms with E-state index in [4.69, 9.17) is 5.84 Å². The third-order valence-corrected chi connectivity index (χ3v) is 3.24. The Labute approximate surface area is 115 Å². The molecule has 0 aliphatic carbocycles. The van der Waals surface area contributed by atoms with Gasteiger partial charge in [0.2, 0.25) is 0 Å². The minimum Gasteiger partial charge on any atom is -0.356 e. The van der Waals surface area contributed by atoms with Crippen LogP contribution in [0.25, 0.3) is 0 Å². The third-order valence-electron chi connectivity index (χ3n) is 3.24. The largest absolute Gasteiger partial charge is 0.356 e. The summed E-state index contributed by atoms with van der Waals surface area (Å²) in [6, 6.07) is 3.64. The highest BCUT2D eigenvalue weighted by molar-refractivity contribution is 6.52. The van der Waals surface area contributed by atoms with Gasteiger partial charge in [-0.25, -0.2) is 5.84 Å². The number of anilines is 1. The van der Waals surface area contributed by atoms with Crippen molar-refractivity contribution in [2.75, 3.05) is 11.4 Å². The van der Waals surface area contributed by atoms with E-state index in [0.29, 0.717) is 11.3 Å². The van der Waals surface area contributed by atoms with Crippen molar-refractivity contribution in [3.8, 4) is 0 Å². The lowest BCUT2D eigenvalue weighted by Gasteiger charge is -2.18. The van der Waals surface area contributed by atoms with Crippen molar-refractivity contribution >= 4 is 23.3 Å². The number of carbonyl (C=O) groups excluding carboxylic acids is 3. The number of benzene rings is 1. The number of nitrogens with zero attached hydrogens (tertiary/aromatic N) is 1. The van der Waals surface area contributed by atoms with Crippen molar-refractivity contribution in [1.29, 1.82) is 0 Å². The van der Waals surface area contributed by atoms with E-state index >= 15 is 0 Å². The molecule has 7 nitrogen and oxygen atoms in total. The van der Waals surface area contributed by atoms with Gasteiger partial charge in [-0.3, -0.25) is 14.4 Å². The SMILES string of the molecule is Cc1ccc(C)c2c1C(=O)C(=O)N2CCC(=O)ONN. The second-order valence-corrected chi connectivity index (χ2v) is 4.55. The summed E-state index contributed by atoms with van der Waals surface area (Å²) in [4.78, 5) is 41.0. The molecule has 0 spiro atoms. The van der Waals surface area contributed by atoms with E-state index in [1.54, 1.807) is 18.6 Å². The number of nitrogens with one attached hydrogen (secondary N) is 1. The van der Waals surface area contributed by atoms with Crippen LogP contribution in [0.2, 0.25) is 0 Å². The molecule has 0 aromatic heterocycles. The Hall–Kier alpha value is -2.25. The molecule has 3 N–H and O–H groups in total. The number of aryl methyl sites for hydroxylation is 2.